The molecule has 0 spiro atoms. The van der Waals surface area contributed by atoms with E-state index in [1.54, 1.807) is 0 Å². The SMILES string of the molecule is CCNC1CC2CCC(C1)N2Cc1cnn(C)c1C. The zero-order valence-electron chi connectivity index (χ0n) is 12.4. The summed E-state index contributed by atoms with van der Waals surface area (Å²) in [4.78, 5) is 2.73. The number of fused-ring (bicyclic) bond motifs is 2. The van der Waals surface area contributed by atoms with Gasteiger partial charge in [0.05, 0.1) is 6.20 Å². The molecule has 106 valence electrons. The number of nitrogens with zero attached hydrogens (tertiary/aromatic N) is 3. The quantitative estimate of drug-likeness (QED) is 0.899. The summed E-state index contributed by atoms with van der Waals surface area (Å²) >= 11 is 0. The molecule has 0 radical (unpaired) electrons. The van der Waals surface area contributed by atoms with Gasteiger partial charge in [0.2, 0.25) is 0 Å². The normalized spacial score (nSPS) is 31.0. The van der Waals surface area contributed by atoms with Crippen LogP contribution in [0.2, 0.25) is 0 Å². The van der Waals surface area contributed by atoms with E-state index in [2.05, 4.69) is 29.2 Å². The molecule has 2 atom stereocenters. The van der Waals surface area contributed by atoms with Gasteiger partial charge in [-0.05, 0) is 39.2 Å². The molecule has 1 N–H and O–H groups in total. The van der Waals surface area contributed by atoms with Crippen molar-refractivity contribution >= 4 is 0 Å². The first-order valence-corrected chi connectivity index (χ1v) is 7.65. The topological polar surface area (TPSA) is 33.1 Å². The number of hydrogen-bond donors (Lipinski definition) is 1. The maximum atomic E-state index is 4.37. The maximum Gasteiger partial charge on any atom is 0.0537 e. The third-order valence-corrected chi connectivity index (χ3v) is 5.07. The maximum absolute atomic E-state index is 4.37. The lowest BCUT2D eigenvalue weighted by atomic mass is 9.96. The van der Waals surface area contributed by atoms with Crippen molar-refractivity contribution in [3.63, 3.8) is 0 Å². The van der Waals surface area contributed by atoms with Gasteiger partial charge in [-0.2, -0.15) is 5.10 Å². The van der Waals surface area contributed by atoms with Gasteiger partial charge in [0.25, 0.3) is 0 Å². The largest absolute Gasteiger partial charge is 0.314 e. The lowest BCUT2D eigenvalue weighted by Crippen LogP contribution is -2.48. The van der Waals surface area contributed by atoms with Crippen molar-refractivity contribution in [2.45, 2.75) is 64.2 Å². The Morgan fingerprint density at radius 2 is 2.00 bits per heavy atom. The summed E-state index contributed by atoms with van der Waals surface area (Å²) in [6, 6.07) is 2.30. The molecule has 2 aliphatic heterocycles. The number of piperidine rings is 1. The monoisotopic (exact) mass is 262 g/mol. The van der Waals surface area contributed by atoms with Crippen LogP contribution in [0, 0.1) is 6.92 Å². The summed E-state index contributed by atoms with van der Waals surface area (Å²) in [6.45, 7) is 6.59. The van der Waals surface area contributed by atoms with Gasteiger partial charge in [-0.1, -0.05) is 6.92 Å². The molecule has 4 heteroatoms. The summed E-state index contributed by atoms with van der Waals surface area (Å²) in [5.41, 5.74) is 2.72. The zero-order chi connectivity index (χ0) is 13.4. The van der Waals surface area contributed by atoms with E-state index >= 15 is 0 Å². The van der Waals surface area contributed by atoms with E-state index in [0.29, 0.717) is 0 Å². The minimum Gasteiger partial charge on any atom is -0.314 e. The molecule has 2 unspecified atom stereocenters. The molecule has 0 aliphatic carbocycles. The second-order valence-electron chi connectivity index (χ2n) is 6.16. The minimum atomic E-state index is 0.744. The molecule has 0 amide bonds. The van der Waals surface area contributed by atoms with Crippen LogP contribution >= 0.6 is 0 Å². The highest BCUT2D eigenvalue weighted by Gasteiger charge is 2.40. The Hall–Kier alpha value is -0.870. The van der Waals surface area contributed by atoms with Crippen LogP contribution < -0.4 is 5.32 Å². The Balaban J connectivity index is 1.69. The van der Waals surface area contributed by atoms with Crippen molar-refractivity contribution < 1.29 is 0 Å². The van der Waals surface area contributed by atoms with Crippen LogP contribution in [0.15, 0.2) is 6.20 Å². The molecule has 19 heavy (non-hydrogen) atoms. The third kappa shape index (κ3) is 2.43. The Kier molecular flexibility index (Phi) is 3.63. The Labute approximate surface area is 116 Å². The van der Waals surface area contributed by atoms with E-state index in [1.807, 2.05) is 17.9 Å². The number of nitrogens with one attached hydrogen (secondary N) is 1. The highest BCUT2D eigenvalue weighted by molar-refractivity contribution is 5.17. The molecule has 1 aromatic rings. The van der Waals surface area contributed by atoms with Crippen molar-refractivity contribution in [1.29, 1.82) is 0 Å². The Bertz CT molecular complexity index is 425. The second-order valence-corrected chi connectivity index (χ2v) is 6.16. The first-order valence-electron chi connectivity index (χ1n) is 7.65. The lowest BCUT2D eigenvalue weighted by Gasteiger charge is -2.39. The summed E-state index contributed by atoms with van der Waals surface area (Å²) < 4.78 is 1.99. The van der Waals surface area contributed by atoms with Gasteiger partial charge in [-0.25, -0.2) is 0 Å². The van der Waals surface area contributed by atoms with Crippen molar-refractivity contribution in [3.8, 4) is 0 Å². The van der Waals surface area contributed by atoms with Crippen LogP contribution in [0.4, 0.5) is 0 Å². The summed E-state index contributed by atoms with van der Waals surface area (Å²) in [5.74, 6) is 0. The van der Waals surface area contributed by atoms with Crippen molar-refractivity contribution in [2.24, 2.45) is 7.05 Å². The fourth-order valence-corrected chi connectivity index (χ4v) is 3.88. The Morgan fingerprint density at radius 1 is 1.32 bits per heavy atom. The van der Waals surface area contributed by atoms with Crippen LogP contribution in [0.5, 0.6) is 0 Å². The molecule has 2 fully saturated rings. The summed E-state index contributed by atoms with van der Waals surface area (Å²) in [7, 11) is 2.03. The van der Waals surface area contributed by atoms with E-state index in [1.165, 1.54) is 36.9 Å². The molecule has 0 saturated carbocycles. The van der Waals surface area contributed by atoms with Gasteiger partial charge in [-0.15, -0.1) is 0 Å². The van der Waals surface area contributed by atoms with Gasteiger partial charge in [0, 0.05) is 43.0 Å². The number of hydrogen-bond acceptors (Lipinski definition) is 3. The zero-order valence-corrected chi connectivity index (χ0v) is 12.4. The predicted molar refractivity (Wildman–Crippen MR) is 77.0 cm³/mol. The number of aromatic nitrogens is 2. The second kappa shape index (κ2) is 5.25. The first kappa shape index (κ1) is 13.1. The number of aryl methyl sites for hydroxylation is 1. The molecule has 3 rings (SSSR count). The van der Waals surface area contributed by atoms with Gasteiger partial charge in [0.15, 0.2) is 0 Å². The van der Waals surface area contributed by atoms with Gasteiger partial charge in [-0.3, -0.25) is 9.58 Å². The van der Waals surface area contributed by atoms with E-state index in [-0.39, 0.29) is 0 Å². The fraction of sp³-hybridized carbons (Fsp3) is 0.800. The van der Waals surface area contributed by atoms with E-state index in [0.717, 1.165) is 31.2 Å². The van der Waals surface area contributed by atoms with Crippen LogP contribution in [0.25, 0.3) is 0 Å². The molecule has 2 bridgehead atoms. The predicted octanol–water partition coefficient (Wildman–Crippen LogP) is 1.83. The molecule has 2 saturated heterocycles. The van der Waals surface area contributed by atoms with E-state index in [4.69, 9.17) is 0 Å². The van der Waals surface area contributed by atoms with Crippen molar-refractivity contribution in [1.82, 2.24) is 20.0 Å². The standard InChI is InChI=1S/C15H26N4/c1-4-16-13-7-14-5-6-15(8-13)19(14)10-12-9-17-18(3)11(12)2/h9,13-16H,4-8,10H2,1-3H3. The Morgan fingerprint density at radius 3 is 2.53 bits per heavy atom. The van der Waals surface area contributed by atoms with Crippen LogP contribution in [-0.2, 0) is 13.6 Å². The van der Waals surface area contributed by atoms with Gasteiger partial charge >= 0.3 is 0 Å². The highest BCUT2D eigenvalue weighted by Crippen LogP contribution is 2.37. The van der Waals surface area contributed by atoms with Crippen molar-refractivity contribution in [2.75, 3.05) is 6.54 Å². The smallest absolute Gasteiger partial charge is 0.0537 e. The van der Waals surface area contributed by atoms with Gasteiger partial charge < -0.3 is 5.32 Å². The average Bonchev–Trinajstić information content (AvgIpc) is 2.82. The molecule has 1 aromatic heterocycles. The van der Waals surface area contributed by atoms with Crippen LogP contribution in [0.1, 0.15) is 43.9 Å². The molecule has 2 aliphatic rings. The van der Waals surface area contributed by atoms with E-state index in [9.17, 15) is 0 Å². The van der Waals surface area contributed by atoms with Crippen molar-refractivity contribution in [3.05, 3.63) is 17.5 Å². The third-order valence-electron chi connectivity index (χ3n) is 5.07. The van der Waals surface area contributed by atoms with Crippen LogP contribution in [0.3, 0.4) is 0 Å². The first-order chi connectivity index (χ1) is 9.19. The highest BCUT2D eigenvalue weighted by atomic mass is 15.3. The average molecular weight is 262 g/mol. The summed E-state index contributed by atoms with van der Waals surface area (Å²) in [5, 5.41) is 8.02. The van der Waals surface area contributed by atoms with E-state index < -0.39 is 0 Å². The molecular weight excluding hydrogens is 236 g/mol. The summed E-state index contributed by atoms with van der Waals surface area (Å²) in [6.07, 6.45) is 7.45. The molecule has 0 aromatic carbocycles. The van der Waals surface area contributed by atoms with Gasteiger partial charge in [0.1, 0.15) is 0 Å². The minimum absolute atomic E-state index is 0.744. The lowest BCUT2D eigenvalue weighted by molar-refractivity contribution is 0.109. The van der Waals surface area contributed by atoms with Crippen LogP contribution in [-0.4, -0.2) is 39.4 Å². The molecule has 3 heterocycles. The fourth-order valence-electron chi connectivity index (χ4n) is 3.88. The molecular formula is C15H26N4. The number of rotatable bonds is 4. The molecule has 4 nitrogen and oxygen atoms in total.